The van der Waals surface area contributed by atoms with Crippen molar-refractivity contribution in [1.82, 2.24) is 9.83 Å². The minimum Gasteiger partial charge on any atom is -0.355 e. The zero-order chi connectivity index (χ0) is 16.4. The number of aryl methyl sites for hydroxylation is 2. The minimum absolute atomic E-state index is 0.107. The number of aromatic nitrogens is 2. The normalized spacial score (nSPS) is 10.5. The maximum Gasteiger partial charge on any atom is 0.292 e. The summed E-state index contributed by atoms with van der Waals surface area (Å²) in [5.41, 5.74) is 4.63. The molecule has 0 unspecified atom stereocenters. The van der Waals surface area contributed by atoms with Gasteiger partial charge in [-0.05, 0) is 25.5 Å². The van der Waals surface area contributed by atoms with E-state index in [0.29, 0.717) is 11.5 Å². The number of carbonyl (C=O) groups excluding carboxylic acids is 1. The summed E-state index contributed by atoms with van der Waals surface area (Å²) in [6, 6.07) is 14.1. The van der Waals surface area contributed by atoms with Crippen LogP contribution < -0.4 is 11.0 Å². The smallest absolute Gasteiger partial charge is 0.292 e. The Morgan fingerprint density at radius 2 is 1.87 bits per heavy atom. The molecule has 1 N–H and O–H groups in total. The molecule has 116 valence electrons. The second-order valence-electron chi connectivity index (χ2n) is 5.23. The Hall–Kier alpha value is -3.15. The van der Waals surface area contributed by atoms with Gasteiger partial charge in [0.2, 0.25) is 0 Å². The van der Waals surface area contributed by atoms with Crippen LogP contribution in [0, 0.1) is 13.8 Å². The highest BCUT2D eigenvalue weighted by molar-refractivity contribution is 5.98. The van der Waals surface area contributed by atoms with Gasteiger partial charge in [-0.25, -0.2) is 4.68 Å². The van der Waals surface area contributed by atoms with E-state index in [4.69, 9.17) is 4.52 Å². The first-order chi connectivity index (χ1) is 11.0. The van der Waals surface area contributed by atoms with Crippen molar-refractivity contribution in [1.29, 1.82) is 0 Å². The predicted molar refractivity (Wildman–Crippen MR) is 85.8 cm³/mol. The first-order valence-corrected chi connectivity index (χ1v) is 7.08. The highest BCUT2D eigenvalue weighted by Gasteiger charge is 2.15. The van der Waals surface area contributed by atoms with Gasteiger partial charge < -0.3 is 4.52 Å². The van der Waals surface area contributed by atoms with Crippen LogP contribution in [0.2, 0.25) is 0 Å². The molecule has 2 heterocycles. The van der Waals surface area contributed by atoms with Gasteiger partial charge >= 0.3 is 0 Å². The van der Waals surface area contributed by atoms with Crippen molar-refractivity contribution in [2.75, 3.05) is 5.43 Å². The standard InChI is InChI=1S/C17H15N3O3/c1-11-8-12(2)20(16(21)9-11)18-17(22)14-10-15(23-19-14)13-6-4-3-5-7-13/h3-10H,1-2H3,(H,18,22). The maximum atomic E-state index is 12.3. The third kappa shape index (κ3) is 3.06. The van der Waals surface area contributed by atoms with Crippen molar-refractivity contribution in [3.63, 3.8) is 0 Å². The number of hydrogen-bond donors (Lipinski definition) is 1. The fourth-order valence-corrected chi connectivity index (χ4v) is 2.29. The van der Waals surface area contributed by atoms with E-state index in [1.807, 2.05) is 37.3 Å². The molecule has 6 nitrogen and oxygen atoms in total. The summed E-state index contributed by atoms with van der Waals surface area (Å²) in [7, 11) is 0. The zero-order valence-corrected chi connectivity index (χ0v) is 12.7. The average molecular weight is 309 g/mol. The van der Waals surface area contributed by atoms with Crippen molar-refractivity contribution in [3.8, 4) is 11.3 Å². The highest BCUT2D eigenvalue weighted by atomic mass is 16.5. The molecule has 0 aliphatic rings. The lowest BCUT2D eigenvalue weighted by molar-refractivity contribution is 0.0998. The molecule has 0 aliphatic carbocycles. The molecular weight excluding hydrogens is 294 g/mol. The molecule has 0 atom stereocenters. The fourth-order valence-electron chi connectivity index (χ4n) is 2.29. The first-order valence-electron chi connectivity index (χ1n) is 7.08. The van der Waals surface area contributed by atoms with Gasteiger partial charge in [0, 0.05) is 23.4 Å². The molecule has 0 fully saturated rings. The lowest BCUT2D eigenvalue weighted by Crippen LogP contribution is -2.34. The number of nitrogens with one attached hydrogen (secondary N) is 1. The SMILES string of the molecule is Cc1cc(C)n(NC(=O)c2cc(-c3ccccc3)on2)c(=O)c1. The number of pyridine rings is 1. The van der Waals surface area contributed by atoms with Gasteiger partial charge in [-0.3, -0.25) is 15.0 Å². The molecule has 1 amide bonds. The summed E-state index contributed by atoms with van der Waals surface area (Å²) < 4.78 is 6.38. The van der Waals surface area contributed by atoms with Crippen LogP contribution in [0.5, 0.6) is 0 Å². The Morgan fingerprint density at radius 3 is 2.57 bits per heavy atom. The Kier molecular flexibility index (Phi) is 3.80. The van der Waals surface area contributed by atoms with E-state index in [1.54, 1.807) is 19.1 Å². The fraction of sp³-hybridized carbons (Fsp3) is 0.118. The van der Waals surface area contributed by atoms with Gasteiger partial charge in [0.1, 0.15) is 0 Å². The summed E-state index contributed by atoms with van der Waals surface area (Å²) in [6.45, 7) is 3.57. The van der Waals surface area contributed by atoms with E-state index in [9.17, 15) is 9.59 Å². The van der Waals surface area contributed by atoms with Crippen LogP contribution in [-0.4, -0.2) is 15.7 Å². The lowest BCUT2D eigenvalue weighted by Gasteiger charge is -2.10. The molecule has 0 saturated carbocycles. The summed E-state index contributed by atoms with van der Waals surface area (Å²) in [6.07, 6.45) is 0. The molecule has 0 aliphatic heterocycles. The molecule has 0 radical (unpaired) electrons. The van der Waals surface area contributed by atoms with Gasteiger partial charge in [-0.15, -0.1) is 0 Å². The van der Waals surface area contributed by atoms with Crippen LogP contribution in [0.1, 0.15) is 21.7 Å². The molecular formula is C17H15N3O3. The predicted octanol–water partition coefficient (Wildman–Crippen LogP) is 2.50. The van der Waals surface area contributed by atoms with Gasteiger partial charge in [-0.2, -0.15) is 0 Å². The topological polar surface area (TPSA) is 77.1 Å². The third-order valence-corrected chi connectivity index (χ3v) is 3.38. The lowest BCUT2D eigenvalue weighted by atomic mass is 10.1. The molecule has 1 aromatic carbocycles. The number of benzene rings is 1. The third-order valence-electron chi connectivity index (χ3n) is 3.38. The second-order valence-corrected chi connectivity index (χ2v) is 5.23. The van der Waals surface area contributed by atoms with Crippen LogP contribution in [-0.2, 0) is 0 Å². The van der Waals surface area contributed by atoms with E-state index in [-0.39, 0.29) is 11.3 Å². The molecule has 23 heavy (non-hydrogen) atoms. The Bertz CT molecular complexity index is 910. The molecule has 0 saturated heterocycles. The number of rotatable bonds is 3. The molecule has 3 aromatic rings. The van der Waals surface area contributed by atoms with Crippen molar-refractivity contribution < 1.29 is 9.32 Å². The Labute approximate surface area is 132 Å². The van der Waals surface area contributed by atoms with E-state index in [2.05, 4.69) is 10.6 Å². The Balaban J connectivity index is 1.85. The van der Waals surface area contributed by atoms with Gasteiger partial charge in [-0.1, -0.05) is 35.5 Å². The second kappa shape index (κ2) is 5.92. The van der Waals surface area contributed by atoms with Gasteiger partial charge in [0.15, 0.2) is 11.5 Å². The Morgan fingerprint density at radius 1 is 1.13 bits per heavy atom. The summed E-state index contributed by atoms with van der Waals surface area (Å²) in [4.78, 5) is 24.2. The molecule has 2 aromatic heterocycles. The molecule has 6 heteroatoms. The van der Waals surface area contributed by atoms with E-state index in [1.165, 1.54) is 10.7 Å². The number of hydrogen-bond acceptors (Lipinski definition) is 4. The first kappa shape index (κ1) is 14.8. The van der Waals surface area contributed by atoms with Crippen LogP contribution in [0.15, 0.2) is 57.8 Å². The largest absolute Gasteiger partial charge is 0.355 e. The van der Waals surface area contributed by atoms with Crippen molar-refractivity contribution >= 4 is 5.91 Å². The quantitative estimate of drug-likeness (QED) is 0.806. The van der Waals surface area contributed by atoms with E-state index < -0.39 is 5.91 Å². The van der Waals surface area contributed by atoms with Gasteiger partial charge in [0.05, 0.1) is 0 Å². The summed E-state index contributed by atoms with van der Waals surface area (Å²) >= 11 is 0. The maximum absolute atomic E-state index is 12.3. The van der Waals surface area contributed by atoms with E-state index in [0.717, 1.165) is 11.1 Å². The van der Waals surface area contributed by atoms with Gasteiger partial charge in [0.25, 0.3) is 11.5 Å². The number of amides is 1. The van der Waals surface area contributed by atoms with Crippen LogP contribution in [0.3, 0.4) is 0 Å². The number of carbonyl (C=O) groups is 1. The van der Waals surface area contributed by atoms with Crippen LogP contribution in [0.25, 0.3) is 11.3 Å². The van der Waals surface area contributed by atoms with Crippen molar-refractivity contribution in [2.24, 2.45) is 0 Å². The summed E-state index contributed by atoms with van der Waals surface area (Å²) in [5, 5.41) is 3.76. The van der Waals surface area contributed by atoms with Crippen molar-refractivity contribution in [2.45, 2.75) is 13.8 Å². The number of nitrogens with zero attached hydrogens (tertiary/aromatic N) is 2. The van der Waals surface area contributed by atoms with Crippen LogP contribution in [0.4, 0.5) is 0 Å². The van der Waals surface area contributed by atoms with Crippen LogP contribution >= 0.6 is 0 Å². The zero-order valence-electron chi connectivity index (χ0n) is 12.7. The average Bonchev–Trinajstić information content (AvgIpc) is 3.01. The summed E-state index contributed by atoms with van der Waals surface area (Å²) in [5.74, 6) is -0.0197. The molecule has 0 spiro atoms. The van der Waals surface area contributed by atoms with Crippen molar-refractivity contribution in [3.05, 3.63) is 75.8 Å². The highest BCUT2D eigenvalue weighted by Crippen LogP contribution is 2.19. The monoisotopic (exact) mass is 309 g/mol. The minimum atomic E-state index is -0.509. The van der Waals surface area contributed by atoms with E-state index >= 15 is 0 Å². The molecule has 3 rings (SSSR count). The molecule has 0 bridgehead atoms.